The van der Waals surface area contributed by atoms with Gasteiger partial charge in [0.25, 0.3) is 0 Å². The van der Waals surface area contributed by atoms with Crippen molar-refractivity contribution in [2.24, 2.45) is 16.5 Å². The Morgan fingerprint density at radius 2 is 1.59 bits per heavy atom. The topological polar surface area (TPSA) is 266 Å². The summed E-state index contributed by atoms with van der Waals surface area (Å²) < 4.78 is 0. The summed E-state index contributed by atoms with van der Waals surface area (Å²) in [6, 6.07) is 6.89. The fourth-order valence-electron chi connectivity index (χ4n) is 7.35. The third-order valence-corrected chi connectivity index (χ3v) is 11.1. The van der Waals surface area contributed by atoms with Gasteiger partial charge in [0, 0.05) is 56.8 Å². The highest BCUT2D eigenvalue weighted by Crippen LogP contribution is 2.26. The molecule has 1 aromatic carbocycles. The van der Waals surface area contributed by atoms with Crippen LogP contribution in [0.25, 0.3) is 10.9 Å². The van der Waals surface area contributed by atoms with E-state index in [-0.39, 0.29) is 48.7 Å². The summed E-state index contributed by atoms with van der Waals surface area (Å²) in [4.78, 5) is 101. The number of nitrogens with zero attached hydrogens (tertiary/aromatic N) is 4. The molecule has 3 fully saturated rings. The molecule has 0 bridgehead atoms. The maximum Gasteiger partial charge on any atom is 0.247 e. The largest absolute Gasteiger partial charge is 0.394 e. The molecule has 3 aliphatic heterocycles. The van der Waals surface area contributed by atoms with Gasteiger partial charge in [-0.25, -0.2) is 0 Å². The summed E-state index contributed by atoms with van der Waals surface area (Å²) in [5.74, 6) is -2.00. The molecule has 61 heavy (non-hydrogen) atoms. The number of nitrogens with two attached hydrogens (primary N) is 2. The van der Waals surface area contributed by atoms with E-state index in [2.05, 4.69) is 57.1 Å². The minimum absolute atomic E-state index is 0.0443. The predicted molar refractivity (Wildman–Crippen MR) is 236 cm³/mol. The Morgan fingerprint density at radius 1 is 0.918 bits per heavy atom. The normalized spacial score (nSPS) is 17.9. The molecule has 0 spiro atoms. The van der Waals surface area contributed by atoms with E-state index >= 15 is 0 Å². The highest BCUT2D eigenvalue weighted by atomic mass is 32.2. The maximum atomic E-state index is 13.5. The number of carbonyl (C=O) groups excluding carboxylic acids is 7. The summed E-state index contributed by atoms with van der Waals surface area (Å²) in [5, 5.41) is 18.7. The first-order valence-corrected chi connectivity index (χ1v) is 22.5. The minimum Gasteiger partial charge on any atom is -0.394 e. The zero-order valence-corrected chi connectivity index (χ0v) is 36.9. The quantitative estimate of drug-likeness (QED) is 0.0869. The molecule has 3 aliphatic rings. The van der Waals surface area contributed by atoms with Crippen LogP contribution >= 0.6 is 11.8 Å². The highest BCUT2D eigenvalue weighted by Gasteiger charge is 2.42. The average Bonchev–Trinajstić information content (AvgIpc) is 4.09. The van der Waals surface area contributed by atoms with Gasteiger partial charge >= 0.3 is 0 Å². The van der Waals surface area contributed by atoms with E-state index < -0.39 is 55.0 Å². The zero-order chi connectivity index (χ0) is 44.9. The number of hydrogen-bond acceptors (Lipinski definition) is 10. The zero-order valence-electron chi connectivity index (χ0n) is 36.1. The van der Waals surface area contributed by atoms with Crippen molar-refractivity contribution in [3.8, 4) is 0 Å². The summed E-state index contributed by atoms with van der Waals surface area (Å²) >= 11 is 1.48. The predicted octanol–water partition coefficient (Wildman–Crippen LogP) is 0.937. The summed E-state index contributed by atoms with van der Waals surface area (Å²) in [7, 11) is 0. The second-order valence-electron chi connectivity index (χ2n) is 15.4. The number of fused-ring (bicyclic) bond motifs is 1. The van der Waals surface area contributed by atoms with Gasteiger partial charge in [-0.2, -0.15) is 11.8 Å². The summed E-state index contributed by atoms with van der Waals surface area (Å²) in [6.45, 7) is 7.15. The van der Waals surface area contributed by atoms with E-state index in [9.17, 15) is 38.7 Å². The number of para-hydroxylation sites is 1. The lowest BCUT2D eigenvalue weighted by molar-refractivity contribution is -0.147. The number of likely N-dealkylation sites (tertiary alicyclic amines) is 3. The molecule has 9 N–H and O–H groups in total. The van der Waals surface area contributed by atoms with E-state index in [1.54, 1.807) is 4.90 Å². The van der Waals surface area contributed by atoms with Crippen molar-refractivity contribution >= 4 is 69.9 Å². The van der Waals surface area contributed by atoms with Crippen molar-refractivity contribution in [2.45, 2.75) is 109 Å². The van der Waals surface area contributed by atoms with Crippen LogP contribution < -0.4 is 27.4 Å². The molecule has 19 heteroatoms. The molecular weight excluding hydrogens is 805 g/mol. The van der Waals surface area contributed by atoms with Crippen LogP contribution in [0.1, 0.15) is 83.7 Å². The van der Waals surface area contributed by atoms with Crippen molar-refractivity contribution < 1.29 is 38.7 Å². The van der Waals surface area contributed by atoms with E-state index in [0.717, 1.165) is 25.8 Å². The molecule has 18 nitrogen and oxygen atoms in total. The van der Waals surface area contributed by atoms with Crippen LogP contribution in [-0.2, 0) is 33.6 Å². The number of amides is 6. The molecule has 3 saturated heterocycles. The van der Waals surface area contributed by atoms with Crippen molar-refractivity contribution in [1.82, 2.24) is 35.6 Å². The van der Waals surface area contributed by atoms with Crippen LogP contribution in [0, 0.1) is 6.92 Å². The van der Waals surface area contributed by atoms with Crippen LogP contribution in [0.15, 0.2) is 35.3 Å². The van der Waals surface area contributed by atoms with Gasteiger partial charge in [0.15, 0.2) is 5.96 Å². The van der Waals surface area contributed by atoms with Crippen LogP contribution in [0.3, 0.4) is 0 Å². The summed E-state index contributed by atoms with van der Waals surface area (Å²) in [6.07, 6.45) is 7.18. The molecule has 338 valence electrons. The number of aliphatic hydroxyl groups excluding tert-OH is 1. The molecule has 2 aromatic rings. The first-order valence-electron chi connectivity index (χ1n) is 21.2. The minimum atomic E-state index is -1.10. The number of hydrogen-bond donors (Lipinski definition) is 7. The second-order valence-corrected chi connectivity index (χ2v) is 16.4. The number of aliphatic imine (C=N–C) groups is 1. The number of nitrogens with one attached hydrogen (secondary N) is 4. The lowest BCUT2D eigenvalue weighted by Crippen LogP contribution is -2.57. The highest BCUT2D eigenvalue weighted by molar-refractivity contribution is 7.98. The van der Waals surface area contributed by atoms with Gasteiger partial charge in [-0.3, -0.25) is 33.8 Å². The summed E-state index contributed by atoms with van der Waals surface area (Å²) in [5.41, 5.74) is 12.5. The fourth-order valence-corrected chi connectivity index (χ4v) is 7.83. The number of benzene rings is 1. The Balaban J connectivity index is 0.000000478. The van der Waals surface area contributed by atoms with E-state index in [1.807, 2.05) is 19.2 Å². The third-order valence-electron chi connectivity index (χ3n) is 10.5. The van der Waals surface area contributed by atoms with E-state index in [0.29, 0.717) is 57.6 Å². The first kappa shape index (κ1) is 50.2. The van der Waals surface area contributed by atoms with Crippen molar-refractivity contribution in [2.75, 3.05) is 57.9 Å². The lowest BCUT2D eigenvalue weighted by atomic mass is 10.1. The third kappa shape index (κ3) is 16.3. The number of Topliss-reactive ketones (excluding diaryl/α,β-unsaturated/α-hetero) is 1. The molecule has 1 aromatic heterocycles. The Hall–Kier alpha value is -5.17. The fraction of sp³-hybridized carbons (Fsp3) is 0.619. The number of rotatable bonds is 17. The molecule has 4 heterocycles. The maximum absolute atomic E-state index is 13.5. The van der Waals surface area contributed by atoms with Crippen LogP contribution in [-0.4, -0.2) is 154 Å². The van der Waals surface area contributed by atoms with Gasteiger partial charge in [-0.15, -0.1) is 0 Å². The lowest BCUT2D eigenvalue weighted by Gasteiger charge is -2.31. The Bertz CT molecular complexity index is 1780. The SMILES string of the molecule is CCCN=C(N)N.CSCC[C@H](NC(=O)[C@H]1CCCN1C(=O)[C@H]1CCCN1C(=O)CCC(C)=O)C(=O)NCC(=O)N[C@@H](CO)C(=O)N1CCCC1.Cc1cc2ccccc2[nH]1. The number of H-pyrrole nitrogens is 1. The number of aliphatic hydroxyl groups is 1. The van der Waals surface area contributed by atoms with Crippen LogP contribution in [0.2, 0.25) is 0 Å². The number of guanidine groups is 1. The number of aryl methyl sites for hydroxylation is 1. The standard InChI is InChI=1S/C29H46N6O8S.C9H9N.C4H11N3/c1-19(37)9-10-25(39)34-14-6-8-23(34)29(43)35-15-5-7-22(35)27(41)32-20(11-16-44-2)26(40)30-17-24(38)31-21(18-36)28(42)33-12-3-4-13-33;1-7-6-8-4-2-3-5-9(8)10-7;1-2-3-7-4(5)6/h20-23,36H,3-18H2,1-2H3,(H,30,40)(H,31,38)(H,32,41);2-6,10H,1H3;2-3H2,1H3,(H4,5,6,7)/t20-,21-,22+,23+;;/m0../s1. The molecule has 5 rings (SSSR count). The molecule has 0 aliphatic carbocycles. The van der Waals surface area contributed by atoms with Crippen molar-refractivity contribution in [1.29, 1.82) is 0 Å². The molecule has 0 radical (unpaired) electrons. The number of aromatic amines is 1. The number of thioether (sulfide) groups is 1. The van der Waals surface area contributed by atoms with Gasteiger partial charge in [0.2, 0.25) is 35.4 Å². The van der Waals surface area contributed by atoms with Crippen LogP contribution in [0.5, 0.6) is 0 Å². The van der Waals surface area contributed by atoms with E-state index in [4.69, 9.17) is 11.5 Å². The molecule has 4 atom stereocenters. The van der Waals surface area contributed by atoms with Gasteiger partial charge in [-0.05, 0) is 94.7 Å². The van der Waals surface area contributed by atoms with Gasteiger partial charge in [0.05, 0.1) is 13.2 Å². The van der Waals surface area contributed by atoms with Gasteiger partial charge < -0.3 is 57.0 Å². The van der Waals surface area contributed by atoms with Crippen molar-refractivity contribution in [3.63, 3.8) is 0 Å². The molecule has 6 amide bonds. The molecular formula is C42H66N10O8S. The molecule has 0 unspecified atom stereocenters. The Kier molecular flexibility index (Phi) is 21.6. The second kappa shape index (κ2) is 26.2. The number of carbonyl (C=O) groups is 7. The Morgan fingerprint density at radius 3 is 2.20 bits per heavy atom. The number of aromatic nitrogens is 1. The Labute approximate surface area is 362 Å². The average molecular weight is 871 g/mol. The van der Waals surface area contributed by atoms with Crippen molar-refractivity contribution in [3.05, 3.63) is 36.0 Å². The van der Waals surface area contributed by atoms with Gasteiger partial charge in [0.1, 0.15) is 30.0 Å². The van der Waals surface area contributed by atoms with E-state index in [1.165, 1.54) is 45.1 Å². The molecule has 0 saturated carbocycles. The monoisotopic (exact) mass is 870 g/mol. The number of ketones is 1. The van der Waals surface area contributed by atoms with Crippen LogP contribution in [0.4, 0.5) is 0 Å². The smallest absolute Gasteiger partial charge is 0.247 e. The first-order chi connectivity index (χ1) is 29.2. The van der Waals surface area contributed by atoms with Gasteiger partial charge in [-0.1, -0.05) is 25.1 Å².